The standard InChI is InChI=1S/C23H29FN6O/c1-23(2,3)30-22(25-26-27-30)21(19-7-5-6-8-20(19)31-4)29-15-13-28(14-16-29)18-11-9-17(24)10-12-18/h5-12,21H,13-16H2,1-4H3/t21-/m1/s1. The fraction of sp³-hybridized carbons (Fsp3) is 0.435. The Morgan fingerprint density at radius 3 is 2.29 bits per heavy atom. The number of aromatic nitrogens is 4. The fourth-order valence-electron chi connectivity index (χ4n) is 4.12. The molecule has 1 aliphatic rings. The van der Waals surface area contributed by atoms with Gasteiger partial charge in [0.25, 0.3) is 0 Å². The third-order valence-corrected chi connectivity index (χ3v) is 5.68. The zero-order valence-corrected chi connectivity index (χ0v) is 18.5. The second kappa shape index (κ2) is 8.63. The van der Waals surface area contributed by atoms with E-state index in [4.69, 9.17) is 4.74 Å². The molecule has 0 amide bonds. The van der Waals surface area contributed by atoms with Crippen LogP contribution in [-0.2, 0) is 5.54 Å². The number of hydrogen-bond acceptors (Lipinski definition) is 6. The maximum Gasteiger partial charge on any atom is 0.173 e. The van der Waals surface area contributed by atoms with Gasteiger partial charge < -0.3 is 9.64 Å². The van der Waals surface area contributed by atoms with Crippen molar-refractivity contribution < 1.29 is 9.13 Å². The third-order valence-electron chi connectivity index (χ3n) is 5.68. The maximum absolute atomic E-state index is 13.3. The van der Waals surface area contributed by atoms with E-state index in [1.165, 1.54) is 12.1 Å². The number of benzene rings is 2. The topological polar surface area (TPSA) is 59.3 Å². The first kappa shape index (κ1) is 21.2. The Morgan fingerprint density at radius 1 is 0.968 bits per heavy atom. The monoisotopic (exact) mass is 424 g/mol. The molecule has 0 radical (unpaired) electrons. The van der Waals surface area contributed by atoms with E-state index >= 15 is 0 Å². The van der Waals surface area contributed by atoms with Gasteiger partial charge >= 0.3 is 0 Å². The van der Waals surface area contributed by atoms with Gasteiger partial charge in [0.05, 0.1) is 12.6 Å². The summed E-state index contributed by atoms with van der Waals surface area (Å²) < 4.78 is 20.9. The second-order valence-corrected chi connectivity index (χ2v) is 8.76. The van der Waals surface area contributed by atoms with E-state index in [1.54, 1.807) is 7.11 Å². The van der Waals surface area contributed by atoms with Crippen LogP contribution >= 0.6 is 0 Å². The average molecular weight is 425 g/mol. The number of halogens is 1. The molecular weight excluding hydrogens is 395 g/mol. The van der Waals surface area contributed by atoms with Crippen molar-refractivity contribution in [2.75, 3.05) is 38.2 Å². The van der Waals surface area contributed by atoms with Crippen LogP contribution in [0.2, 0.25) is 0 Å². The van der Waals surface area contributed by atoms with Crippen molar-refractivity contribution in [3.8, 4) is 5.75 Å². The molecule has 164 valence electrons. The molecule has 4 rings (SSSR count). The molecule has 0 aliphatic carbocycles. The van der Waals surface area contributed by atoms with Crippen LogP contribution in [0.3, 0.4) is 0 Å². The first-order valence-corrected chi connectivity index (χ1v) is 10.5. The Balaban J connectivity index is 1.66. The molecule has 7 nitrogen and oxygen atoms in total. The number of rotatable bonds is 5. The van der Waals surface area contributed by atoms with E-state index in [2.05, 4.69) is 52.2 Å². The maximum atomic E-state index is 13.3. The molecule has 8 heteroatoms. The predicted octanol–water partition coefficient (Wildman–Crippen LogP) is 3.49. The number of nitrogens with zero attached hydrogens (tertiary/aromatic N) is 6. The van der Waals surface area contributed by atoms with E-state index in [9.17, 15) is 4.39 Å². The molecule has 0 unspecified atom stereocenters. The van der Waals surface area contributed by atoms with E-state index in [0.717, 1.165) is 49.0 Å². The lowest BCUT2D eigenvalue weighted by atomic mass is 10.0. The lowest BCUT2D eigenvalue weighted by Gasteiger charge is -2.40. The van der Waals surface area contributed by atoms with Crippen LogP contribution in [0.15, 0.2) is 48.5 Å². The summed E-state index contributed by atoms with van der Waals surface area (Å²) in [6, 6.07) is 14.6. The van der Waals surface area contributed by atoms with E-state index in [-0.39, 0.29) is 17.4 Å². The summed E-state index contributed by atoms with van der Waals surface area (Å²) in [5.74, 6) is 1.40. The number of tetrazole rings is 1. The first-order chi connectivity index (χ1) is 14.9. The van der Waals surface area contributed by atoms with Crippen LogP contribution in [0.1, 0.15) is 38.2 Å². The van der Waals surface area contributed by atoms with Crippen molar-refractivity contribution in [2.45, 2.75) is 32.4 Å². The highest BCUT2D eigenvalue weighted by Gasteiger charge is 2.34. The van der Waals surface area contributed by atoms with Gasteiger partial charge in [0.2, 0.25) is 0 Å². The van der Waals surface area contributed by atoms with Gasteiger partial charge in [-0.05, 0) is 61.5 Å². The van der Waals surface area contributed by atoms with E-state index < -0.39 is 0 Å². The highest BCUT2D eigenvalue weighted by molar-refractivity contribution is 5.47. The van der Waals surface area contributed by atoms with Crippen molar-refractivity contribution in [2.24, 2.45) is 0 Å². The smallest absolute Gasteiger partial charge is 0.173 e. The van der Waals surface area contributed by atoms with Crippen LogP contribution in [0.5, 0.6) is 5.75 Å². The van der Waals surface area contributed by atoms with Crippen LogP contribution < -0.4 is 9.64 Å². The Kier molecular flexibility index (Phi) is 5.91. The predicted molar refractivity (Wildman–Crippen MR) is 118 cm³/mol. The molecule has 2 aromatic carbocycles. The summed E-state index contributed by atoms with van der Waals surface area (Å²) in [5, 5.41) is 12.7. The molecule has 1 atom stereocenters. The van der Waals surface area contributed by atoms with Gasteiger partial charge in [-0.15, -0.1) is 5.10 Å². The molecule has 0 N–H and O–H groups in total. The molecule has 1 saturated heterocycles. The number of para-hydroxylation sites is 1. The highest BCUT2D eigenvalue weighted by Crippen LogP contribution is 2.35. The lowest BCUT2D eigenvalue weighted by molar-refractivity contribution is 0.188. The Bertz CT molecular complexity index is 1010. The molecular formula is C23H29FN6O. The zero-order chi connectivity index (χ0) is 22.0. The normalized spacial score (nSPS) is 16.4. The quantitative estimate of drug-likeness (QED) is 0.625. The second-order valence-electron chi connectivity index (χ2n) is 8.76. The zero-order valence-electron chi connectivity index (χ0n) is 18.5. The van der Waals surface area contributed by atoms with Crippen molar-refractivity contribution >= 4 is 5.69 Å². The van der Waals surface area contributed by atoms with Gasteiger partial charge in [0.15, 0.2) is 5.82 Å². The Labute approximate surface area is 182 Å². The number of ether oxygens (including phenoxy) is 1. The van der Waals surface area contributed by atoms with Crippen LogP contribution in [0.4, 0.5) is 10.1 Å². The Hall–Kier alpha value is -3.00. The van der Waals surface area contributed by atoms with Crippen LogP contribution in [0, 0.1) is 5.82 Å². The van der Waals surface area contributed by atoms with Crippen LogP contribution in [-0.4, -0.2) is 58.4 Å². The molecule has 1 aromatic heterocycles. The highest BCUT2D eigenvalue weighted by atomic mass is 19.1. The largest absolute Gasteiger partial charge is 0.496 e. The molecule has 31 heavy (non-hydrogen) atoms. The minimum absolute atomic E-state index is 0.138. The molecule has 0 spiro atoms. The van der Waals surface area contributed by atoms with Gasteiger partial charge in [-0.3, -0.25) is 4.90 Å². The third kappa shape index (κ3) is 4.39. The van der Waals surface area contributed by atoms with Gasteiger partial charge in [-0.1, -0.05) is 18.2 Å². The summed E-state index contributed by atoms with van der Waals surface area (Å²) in [7, 11) is 1.69. The molecule has 1 fully saturated rings. The SMILES string of the molecule is COc1ccccc1[C@H](c1nnnn1C(C)(C)C)N1CCN(c2ccc(F)cc2)CC1. The molecule has 1 aliphatic heterocycles. The number of methoxy groups -OCH3 is 1. The molecule has 3 aromatic rings. The van der Waals surface area contributed by atoms with E-state index in [1.807, 2.05) is 35.0 Å². The minimum Gasteiger partial charge on any atom is -0.496 e. The fourth-order valence-corrected chi connectivity index (χ4v) is 4.12. The number of anilines is 1. The number of hydrogen-bond donors (Lipinski definition) is 0. The van der Waals surface area contributed by atoms with Gasteiger partial charge in [-0.2, -0.15) is 0 Å². The summed E-state index contributed by atoms with van der Waals surface area (Å²) in [6.07, 6.45) is 0. The van der Waals surface area contributed by atoms with Gasteiger partial charge in [0.1, 0.15) is 17.6 Å². The summed E-state index contributed by atoms with van der Waals surface area (Å²) >= 11 is 0. The Morgan fingerprint density at radius 2 is 1.65 bits per heavy atom. The molecule has 0 saturated carbocycles. The summed E-state index contributed by atoms with van der Waals surface area (Å²) in [6.45, 7) is 9.58. The first-order valence-electron chi connectivity index (χ1n) is 10.5. The molecule has 2 heterocycles. The minimum atomic E-state index is -0.255. The molecule has 0 bridgehead atoms. The van der Waals surface area contributed by atoms with Crippen molar-refractivity contribution in [1.29, 1.82) is 0 Å². The summed E-state index contributed by atoms with van der Waals surface area (Å²) in [4.78, 5) is 4.67. The van der Waals surface area contributed by atoms with Crippen molar-refractivity contribution in [3.63, 3.8) is 0 Å². The van der Waals surface area contributed by atoms with Crippen molar-refractivity contribution in [1.82, 2.24) is 25.1 Å². The summed E-state index contributed by atoms with van der Waals surface area (Å²) in [5.41, 5.74) is 1.82. The van der Waals surface area contributed by atoms with Crippen LogP contribution in [0.25, 0.3) is 0 Å². The van der Waals surface area contributed by atoms with Gasteiger partial charge in [-0.25, -0.2) is 9.07 Å². The van der Waals surface area contributed by atoms with E-state index in [0.29, 0.717) is 0 Å². The lowest BCUT2D eigenvalue weighted by Crippen LogP contribution is -2.48. The average Bonchev–Trinajstić information content (AvgIpc) is 3.26. The van der Waals surface area contributed by atoms with Gasteiger partial charge in [0, 0.05) is 37.4 Å². The number of piperazine rings is 1. The van der Waals surface area contributed by atoms with Crippen molar-refractivity contribution in [3.05, 3.63) is 65.7 Å².